The second-order valence-corrected chi connectivity index (χ2v) is 2.55. The van der Waals surface area contributed by atoms with E-state index in [0.29, 0.717) is 5.56 Å². The quantitative estimate of drug-likeness (QED) is 0.333. The van der Waals surface area contributed by atoms with Crippen LogP contribution < -0.4 is 0 Å². The van der Waals surface area contributed by atoms with Crippen molar-refractivity contribution < 1.29 is 14.3 Å². The highest BCUT2D eigenvalue weighted by Crippen LogP contribution is 2.22. The molecular weight excluding hydrogens is 168 g/mol. The number of cyclic esters (lactones) is 2. The van der Waals surface area contributed by atoms with Gasteiger partial charge in [0, 0.05) is 5.56 Å². The molecule has 13 heavy (non-hydrogen) atoms. The van der Waals surface area contributed by atoms with Crippen LogP contribution >= 0.6 is 0 Å². The molecule has 0 radical (unpaired) electrons. The minimum absolute atomic E-state index is 0.204. The number of terminal acetylenes is 1. The van der Waals surface area contributed by atoms with Crippen LogP contribution in [0, 0.1) is 12.3 Å². The number of fused-ring (bicyclic) bond motifs is 1. The molecule has 0 aromatic heterocycles. The molecule has 1 aromatic rings. The lowest BCUT2D eigenvalue weighted by Gasteiger charge is -1.94. The number of carbonyl (C=O) groups is 2. The summed E-state index contributed by atoms with van der Waals surface area (Å²) < 4.78 is 4.40. The highest BCUT2D eigenvalue weighted by Gasteiger charge is 2.31. The lowest BCUT2D eigenvalue weighted by atomic mass is 10.0. The zero-order chi connectivity index (χ0) is 9.42. The summed E-state index contributed by atoms with van der Waals surface area (Å²) in [5.74, 6) is 1.04. The SMILES string of the molecule is C#Cc1cccc2c1C(=O)OC2=O. The molecule has 0 aliphatic carbocycles. The predicted molar refractivity (Wildman–Crippen MR) is 44.1 cm³/mol. The smallest absolute Gasteiger partial charge is 0.348 e. The highest BCUT2D eigenvalue weighted by atomic mass is 16.6. The number of esters is 2. The zero-order valence-corrected chi connectivity index (χ0v) is 6.53. The van der Waals surface area contributed by atoms with Gasteiger partial charge in [0.15, 0.2) is 0 Å². The summed E-state index contributed by atoms with van der Waals surface area (Å²) in [5, 5.41) is 0. The minimum atomic E-state index is -0.659. The number of ether oxygens (including phenoxy) is 1. The van der Waals surface area contributed by atoms with Gasteiger partial charge in [-0.1, -0.05) is 12.0 Å². The third-order valence-electron chi connectivity index (χ3n) is 1.83. The predicted octanol–water partition coefficient (Wildman–Crippen LogP) is 0.979. The van der Waals surface area contributed by atoms with Crippen molar-refractivity contribution in [3.63, 3.8) is 0 Å². The number of benzene rings is 1. The Kier molecular flexibility index (Phi) is 1.43. The summed E-state index contributed by atoms with van der Waals surface area (Å²) in [7, 11) is 0. The molecule has 0 bridgehead atoms. The Hall–Kier alpha value is -2.08. The first-order valence-corrected chi connectivity index (χ1v) is 3.60. The van der Waals surface area contributed by atoms with Gasteiger partial charge in [-0.05, 0) is 12.1 Å². The van der Waals surface area contributed by atoms with E-state index in [0.717, 1.165) is 0 Å². The van der Waals surface area contributed by atoms with E-state index in [1.165, 1.54) is 6.07 Å². The van der Waals surface area contributed by atoms with Crippen LogP contribution in [-0.2, 0) is 4.74 Å². The molecule has 0 spiro atoms. The molecule has 3 nitrogen and oxygen atoms in total. The van der Waals surface area contributed by atoms with E-state index in [4.69, 9.17) is 6.42 Å². The standard InChI is InChI=1S/C10H4O3/c1-2-6-4-3-5-7-8(6)10(12)13-9(7)11/h1,3-5H. The van der Waals surface area contributed by atoms with E-state index in [1.807, 2.05) is 0 Å². The van der Waals surface area contributed by atoms with Crippen molar-refractivity contribution in [3.8, 4) is 12.3 Å². The Morgan fingerprint density at radius 2 is 2.00 bits per heavy atom. The largest absolute Gasteiger partial charge is 0.386 e. The van der Waals surface area contributed by atoms with Crippen LogP contribution in [0.25, 0.3) is 0 Å². The van der Waals surface area contributed by atoms with Gasteiger partial charge < -0.3 is 4.74 Å². The summed E-state index contributed by atoms with van der Waals surface area (Å²) >= 11 is 0. The monoisotopic (exact) mass is 172 g/mol. The van der Waals surface area contributed by atoms with E-state index in [9.17, 15) is 9.59 Å². The summed E-state index contributed by atoms with van der Waals surface area (Å²) in [6, 6.07) is 4.73. The lowest BCUT2D eigenvalue weighted by Crippen LogP contribution is -1.98. The van der Waals surface area contributed by atoms with Crippen LogP contribution in [0.3, 0.4) is 0 Å². The average molecular weight is 172 g/mol. The number of hydrogen-bond acceptors (Lipinski definition) is 3. The Bertz CT molecular complexity index is 452. The number of hydrogen-bond donors (Lipinski definition) is 0. The van der Waals surface area contributed by atoms with Crippen LogP contribution in [-0.4, -0.2) is 11.9 Å². The van der Waals surface area contributed by atoms with Crippen LogP contribution in [0.1, 0.15) is 26.3 Å². The Labute approximate surface area is 74.3 Å². The molecule has 62 valence electrons. The molecule has 0 N–H and O–H groups in total. The molecule has 1 aliphatic heterocycles. The molecule has 1 aliphatic rings. The van der Waals surface area contributed by atoms with E-state index in [-0.39, 0.29) is 11.1 Å². The topological polar surface area (TPSA) is 43.4 Å². The Balaban J connectivity index is 2.78. The summed E-state index contributed by atoms with van der Waals surface area (Å²) in [6.45, 7) is 0. The van der Waals surface area contributed by atoms with Crippen molar-refractivity contribution in [1.82, 2.24) is 0 Å². The Morgan fingerprint density at radius 1 is 1.23 bits per heavy atom. The third kappa shape index (κ3) is 0.926. The molecule has 0 unspecified atom stereocenters. The van der Waals surface area contributed by atoms with Crippen LogP contribution in [0.5, 0.6) is 0 Å². The summed E-state index contributed by atoms with van der Waals surface area (Å²) in [4.78, 5) is 22.1. The number of carbonyl (C=O) groups excluding carboxylic acids is 2. The molecule has 1 heterocycles. The molecule has 2 rings (SSSR count). The molecule has 3 heteroatoms. The molecule has 0 fully saturated rings. The maximum atomic E-state index is 11.1. The molecule has 0 atom stereocenters. The average Bonchev–Trinajstić information content (AvgIpc) is 2.43. The normalized spacial score (nSPS) is 13.5. The Morgan fingerprint density at radius 3 is 2.69 bits per heavy atom. The molecule has 0 amide bonds. The van der Waals surface area contributed by atoms with Gasteiger partial charge in [-0.3, -0.25) is 0 Å². The van der Waals surface area contributed by atoms with Crippen molar-refractivity contribution in [2.24, 2.45) is 0 Å². The lowest BCUT2D eigenvalue weighted by molar-refractivity contribution is 0.0444. The maximum absolute atomic E-state index is 11.1. The molecule has 1 aromatic carbocycles. The van der Waals surface area contributed by atoms with E-state index < -0.39 is 11.9 Å². The fraction of sp³-hybridized carbons (Fsp3) is 0. The number of rotatable bonds is 0. The van der Waals surface area contributed by atoms with Crippen LogP contribution in [0.4, 0.5) is 0 Å². The van der Waals surface area contributed by atoms with E-state index in [1.54, 1.807) is 12.1 Å². The molecule has 0 saturated carbocycles. The molecule has 0 saturated heterocycles. The van der Waals surface area contributed by atoms with Gasteiger partial charge in [0.05, 0.1) is 11.1 Å². The first kappa shape index (κ1) is 7.56. The van der Waals surface area contributed by atoms with Crippen LogP contribution in [0.2, 0.25) is 0 Å². The van der Waals surface area contributed by atoms with Gasteiger partial charge in [0.25, 0.3) is 0 Å². The van der Waals surface area contributed by atoms with Gasteiger partial charge in [-0.15, -0.1) is 6.42 Å². The maximum Gasteiger partial charge on any atom is 0.348 e. The zero-order valence-electron chi connectivity index (χ0n) is 6.53. The second-order valence-electron chi connectivity index (χ2n) is 2.55. The van der Waals surface area contributed by atoms with Crippen molar-refractivity contribution in [3.05, 3.63) is 34.9 Å². The van der Waals surface area contributed by atoms with Crippen LogP contribution in [0.15, 0.2) is 18.2 Å². The minimum Gasteiger partial charge on any atom is -0.386 e. The highest BCUT2D eigenvalue weighted by molar-refractivity contribution is 6.15. The van der Waals surface area contributed by atoms with E-state index >= 15 is 0 Å². The molecular formula is C10H4O3. The summed E-state index contributed by atoms with van der Waals surface area (Å²) in [6.07, 6.45) is 5.16. The fourth-order valence-electron chi connectivity index (χ4n) is 1.25. The van der Waals surface area contributed by atoms with Crippen molar-refractivity contribution in [2.45, 2.75) is 0 Å². The van der Waals surface area contributed by atoms with Gasteiger partial charge in [0.2, 0.25) is 0 Å². The van der Waals surface area contributed by atoms with Crippen molar-refractivity contribution in [1.29, 1.82) is 0 Å². The van der Waals surface area contributed by atoms with Gasteiger partial charge >= 0.3 is 11.9 Å². The van der Waals surface area contributed by atoms with E-state index in [2.05, 4.69) is 10.7 Å². The van der Waals surface area contributed by atoms with Gasteiger partial charge in [-0.25, -0.2) is 9.59 Å². The first-order chi connectivity index (χ1) is 6.24. The van der Waals surface area contributed by atoms with Crippen molar-refractivity contribution in [2.75, 3.05) is 0 Å². The fourth-order valence-corrected chi connectivity index (χ4v) is 1.25. The van der Waals surface area contributed by atoms with Gasteiger partial charge in [-0.2, -0.15) is 0 Å². The summed E-state index contributed by atoms with van der Waals surface area (Å²) in [5.41, 5.74) is 0.851. The first-order valence-electron chi connectivity index (χ1n) is 3.60. The van der Waals surface area contributed by atoms with Crippen molar-refractivity contribution >= 4 is 11.9 Å². The van der Waals surface area contributed by atoms with Gasteiger partial charge in [0.1, 0.15) is 0 Å². The second kappa shape index (κ2) is 2.46. The third-order valence-corrected chi connectivity index (χ3v) is 1.83.